The highest BCUT2D eigenvalue weighted by atomic mass is 32.2. The number of sulfonamides is 1. The van der Waals surface area contributed by atoms with Gasteiger partial charge in [0.1, 0.15) is 5.75 Å². The van der Waals surface area contributed by atoms with Crippen molar-refractivity contribution >= 4 is 27.4 Å². The summed E-state index contributed by atoms with van der Waals surface area (Å²) in [5.41, 5.74) is 0.937. The molecule has 1 amide bonds. The number of rotatable bonds is 8. The molecule has 0 heterocycles. The first kappa shape index (κ1) is 21.6. The first-order valence-corrected chi connectivity index (χ1v) is 10.3. The van der Waals surface area contributed by atoms with E-state index >= 15 is 0 Å². The molecule has 0 fully saturated rings. The van der Waals surface area contributed by atoms with Crippen LogP contribution in [0, 0.1) is 0 Å². The zero-order valence-electron chi connectivity index (χ0n) is 16.3. The first-order valence-electron chi connectivity index (χ1n) is 8.85. The Morgan fingerprint density at radius 1 is 1.07 bits per heavy atom. The van der Waals surface area contributed by atoms with E-state index in [1.165, 1.54) is 37.3 Å². The lowest BCUT2D eigenvalue weighted by Crippen LogP contribution is -2.30. The number of hydrogen-bond acceptors (Lipinski definition) is 5. The molecule has 0 atom stereocenters. The monoisotopic (exact) mass is 404 g/mol. The topological polar surface area (TPSA) is 102 Å². The average molecular weight is 404 g/mol. The van der Waals surface area contributed by atoms with Gasteiger partial charge in [0, 0.05) is 17.2 Å². The first-order chi connectivity index (χ1) is 13.1. The van der Waals surface area contributed by atoms with Gasteiger partial charge in [-0.1, -0.05) is 6.07 Å². The molecule has 0 spiro atoms. The molecule has 0 aliphatic rings. The molecule has 0 saturated carbocycles. The molecule has 150 valence electrons. The Morgan fingerprint density at radius 2 is 1.79 bits per heavy atom. The zero-order chi connectivity index (χ0) is 20.9. The summed E-state index contributed by atoms with van der Waals surface area (Å²) < 4.78 is 32.6. The number of hydrogen-bond donors (Lipinski definition) is 2. The highest BCUT2D eigenvalue weighted by molar-refractivity contribution is 7.89. The van der Waals surface area contributed by atoms with Crippen molar-refractivity contribution in [1.82, 2.24) is 4.72 Å². The van der Waals surface area contributed by atoms with Gasteiger partial charge in [0.05, 0.1) is 17.2 Å². The van der Waals surface area contributed by atoms with Crippen LogP contribution in [0.5, 0.6) is 5.75 Å². The quantitative estimate of drug-likeness (QED) is 0.658. The molecule has 0 radical (unpaired) electrons. The van der Waals surface area contributed by atoms with E-state index in [0.717, 1.165) is 0 Å². The highest BCUT2D eigenvalue weighted by Crippen LogP contribution is 2.27. The van der Waals surface area contributed by atoms with Crippen molar-refractivity contribution in [3.05, 3.63) is 53.6 Å². The van der Waals surface area contributed by atoms with Gasteiger partial charge in [0.15, 0.2) is 5.78 Å². The largest absolute Gasteiger partial charge is 0.492 e. The van der Waals surface area contributed by atoms with Crippen LogP contribution in [-0.2, 0) is 10.0 Å². The molecular formula is C20H24N2O5S. The molecule has 2 N–H and O–H groups in total. The van der Waals surface area contributed by atoms with Crippen molar-refractivity contribution in [2.75, 3.05) is 11.9 Å². The minimum atomic E-state index is -3.72. The van der Waals surface area contributed by atoms with Gasteiger partial charge in [-0.05, 0) is 64.1 Å². The van der Waals surface area contributed by atoms with Crippen molar-refractivity contribution < 1.29 is 22.7 Å². The third-order valence-corrected chi connectivity index (χ3v) is 5.39. The fourth-order valence-corrected chi connectivity index (χ4v) is 3.80. The molecule has 0 unspecified atom stereocenters. The fourth-order valence-electron chi connectivity index (χ4n) is 2.51. The van der Waals surface area contributed by atoms with Gasteiger partial charge in [0.2, 0.25) is 10.0 Å². The maximum atomic E-state index is 12.7. The molecule has 2 aromatic carbocycles. The van der Waals surface area contributed by atoms with Crippen LogP contribution in [0.25, 0.3) is 0 Å². The van der Waals surface area contributed by atoms with Crippen LogP contribution in [0.3, 0.4) is 0 Å². The number of carbonyl (C=O) groups is 2. The van der Waals surface area contributed by atoms with Gasteiger partial charge in [-0.3, -0.25) is 9.59 Å². The highest BCUT2D eigenvalue weighted by Gasteiger charge is 2.18. The van der Waals surface area contributed by atoms with Crippen molar-refractivity contribution in [3.8, 4) is 5.75 Å². The van der Waals surface area contributed by atoms with Gasteiger partial charge in [0.25, 0.3) is 5.91 Å². The molecule has 0 aromatic heterocycles. The third-order valence-electron chi connectivity index (χ3n) is 3.73. The molecule has 7 nitrogen and oxygen atoms in total. The molecule has 0 saturated heterocycles. The van der Waals surface area contributed by atoms with E-state index in [2.05, 4.69) is 10.0 Å². The summed E-state index contributed by atoms with van der Waals surface area (Å²) in [6.07, 6.45) is 0. The number of anilines is 1. The van der Waals surface area contributed by atoms with Crippen LogP contribution in [0.15, 0.2) is 47.4 Å². The van der Waals surface area contributed by atoms with Gasteiger partial charge in [-0.25, -0.2) is 13.1 Å². The SMILES string of the molecule is CCOc1ccc(C(C)=O)cc1NC(=O)c1cccc(S(=O)(=O)NC(C)C)c1. The van der Waals surface area contributed by atoms with Gasteiger partial charge in [-0.2, -0.15) is 0 Å². The molecule has 8 heteroatoms. The van der Waals surface area contributed by atoms with E-state index in [1.807, 2.05) is 0 Å². The summed E-state index contributed by atoms with van der Waals surface area (Å²) in [5.74, 6) is -0.235. The van der Waals surface area contributed by atoms with Gasteiger partial charge >= 0.3 is 0 Å². The number of ketones is 1. The van der Waals surface area contributed by atoms with E-state index in [4.69, 9.17) is 4.74 Å². The fraction of sp³-hybridized carbons (Fsp3) is 0.300. The van der Waals surface area contributed by atoms with Crippen LogP contribution >= 0.6 is 0 Å². The molecule has 0 aliphatic heterocycles. The lowest BCUT2D eigenvalue weighted by Gasteiger charge is -2.14. The molecule has 2 aromatic rings. The third kappa shape index (κ3) is 5.40. The number of benzene rings is 2. The van der Waals surface area contributed by atoms with Gasteiger partial charge < -0.3 is 10.1 Å². The number of nitrogens with one attached hydrogen (secondary N) is 2. The molecule has 28 heavy (non-hydrogen) atoms. The summed E-state index contributed by atoms with van der Waals surface area (Å²) in [5, 5.41) is 2.69. The Labute approximate surface area is 165 Å². The second kappa shape index (κ2) is 8.99. The van der Waals surface area contributed by atoms with Crippen LogP contribution in [0.1, 0.15) is 48.4 Å². The number of carbonyl (C=O) groups excluding carboxylic acids is 2. The van der Waals surface area contributed by atoms with E-state index < -0.39 is 15.9 Å². The van der Waals surface area contributed by atoms with Crippen LogP contribution in [0.2, 0.25) is 0 Å². The second-order valence-corrected chi connectivity index (χ2v) is 8.17. The minimum absolute atomic E-state index is 0.00336. The van der Waals surface area contributed by atoms with E-state index in [1.54, 1.807) is 32.9 Å². The zero-order valence-corrected chi connectivity index (χ0v) is 17.1. The van der Waals surface area contributed by atoms with Crippen LogP contribution in [0.4, 0.5) is 5.69 Å². The predicted octanol–water partition coefficient (Wildman–Crippen LogP) is 3.23. The Bertz CT molecular complexity index is 984. The summed E-state index contributed by atoms with van der Waals surface area (Å²) >= 11 is 0. The Hall–Kier alpha value is -2.71. The number of Topliss-reactive ketones (excluding diaryl/α,β-unsaturated/α-hetero) is 1. The summed E-state index contributed by atoms with van der Waals surface area (Å²) in [6, 6.07) is 10.2. The summed E-state index contributed by atoms with van der Waals surface area (Å²) in [4.78, 5) is 24.3. The van der Waals surface area contributed by atoms with E-state index in [0.29, 0.717) is 23.6 Å². The minimum Gasteiger partial charge on any atom is -0.492 e. The van der Waals surface area contributed by atoms with E-state index in [-0.39, 0.29) is 22.3 Å². The molecule has 0 aliphatic carbocycles. The smallest absolute Gasteiger partial charge is 0.255 e. The Kier molecular flexibility index (Phi) is 6.93. The summed E-state index contributed by atoms with van der Waals surface area (Å²) in [6.45, 7) is 7.05. The lowest BCUT2D eigenvalue weighted by atomic mass is 10.1. The lowest BCUT2D eigenvalue weighted by molar-refractivity contribution is 0.101. The standard InChI is InChI=1S/C20H24N2O5S/c1-5-27-19-10-9-15(14(4)23)12-18(19)21-20(24)16-7-6-8-17(11-16)28(25,26)22-13(2)3/h6-13,22H,5H2,1-4H3,(H,21,24). The Morgan fingerprint density at radius 3 is 2.39 bits per heavy atom. The van der Waals surface area contributed by atoms with Crippen LogP contribution in [-0.4, -0.2) is 32.8 Å². The predicted molar refractivity (Wildman–Crippen MR) is 107 cm³/mol. The Balaban J connectivity index is 2.34. The number of amides is 1. The van der Waals surface area contributed by atoms with Crippen molar-refractivity contribution in [1.29, 1.82) is 0 Å². The van der Waals surface area contributed by atoms with Crippen molar-refractivity contribution in [2.24, 2.45) is 0 Å². The van der Waals surface area contributed by atoms with E-state index in [9.17, 15) is 18.0 Å². The van der Waals surface area contributed by atoms with Crippen LogP contribution < -0.4 is 14.8 Å². The normalized spacial score (nSPS) is 11.3. The number of ether oxygens (including phenoxy) is 1. The molecule has 0 bridgehead atoms. The maximum Gasteiger partial charge on any atom is 0.255 e. The van der Waals surface area contributed by atoms with Crippen molar-refractivity contribution in [2.45, 2.75) is 38.6 Å². The average Bonchev–Trinajstić information content (AvgIpc) is 2.62. The van der Waals surface area contributed by atoms with Crippen molar-refractivity contribution in [3.63, 3.8) is 0 Å². The summed E-state index contributed by atoms with van der Waals surface area (Å²) in [7, 11) is -3.72. The molecule has 2 rings (SSSR count). The molecular weight excluding hydrogens is 380 g/mol. The second-order valence-electron chi connectivity index (χ2n) is 6.46. The van der Waals surface area contributed by atoms with Gasteiger partial charge in [-0.15, -0.1) is 0 Å². The maximum absolute atomic E-state index is 12.7.